The zero-order valence-corrected chi connectivity index (χ0v) is 14.9. The Kier molecular flexibility index (Phi) is 5.79. The molecule has 6 heteroatoms. The van der Waals surface area contributed by atoms with Gasteiger partial charge in [-0.3, -0.25) is 4.79 Å². The number of amides is 3. The Bertz CT molecular complexity index is 620. The molecule has 0 aromatic heterocycles. The predicted molar refractivity (Wildman–Crippen MR) is 95.6 cm³/mol. The van der Waals surface area contributed by atoms with Gasteiger partial charge in [0.15, 0.2) is 0 Å². The molecule has 0 bridgehead atoms. The van der Waals surface area contributed by atoms with Crippen molar-refractivity contribution in [2.75, 3.05) is 33.3 Å². The van der Waals surface area contributed by atoms with Gasteiger partial charge in [0.1, 0.15) is 5.75 Å². The summed E-state index contributed by atoms with van der Waals surface area (Å²) in [4.78, 5) is 28.2. The van der Waals surface area contributed by atoms with Crippen LogP contribution in [0.15, 0.2) is 24.3 Å². The Hall–Kier alpha value is -2.24. The summed E-state index contributed by atoms with van der Waals surface area (Å²) >= 11 is 0. The number of nitrogens with one attached hydrogen (secondary N) is 1. The number of piperidine rings is 1. The normalized spacial score (nSPS) is 20.7. The number of ether oxygens (including phenoxy) is 1. The summed E-state index contributed by atoms with van der Waals surface area (Å²) in [5.74, 6) is 1.09. The molecule has 25 heavy (non-hydrogen) atoms. The highest BCUT2D eigenvalue weighted by atomic mass is 16.5. The van der Waals surface area contributed by atoms with Gasteiger partial charge in [-0.15, -0.1) is 0 Å². The van der Waals surface area contributed by atoms with Crippen molar-refractivity contribution in [2.45, 2.75) is 38.1 Å². The number of hydrogen-bond acceptors (Lipinski definition) is 3. The largest absolute Gasteiger partial charge is 0.496 e. The topological polar surface area (TPSA) is 61.9 Å². The van der Waals surface area contributed by atoms with Crippen LogP contribution < -0.4 is 10.1 Å². The van der Waals surface area contributed by atoms with E-state index in [4.69, 9.17) is 4.74 Å². The summed E-state index contributed by atoms with van der Waals surface area (Å²) in [7, 11) is 1.66. The molecule has 3 amide bonds. The molecule has 3 rings (SSSR count). The van der Waals surface area contributed by atoms with Crippen molar-refractivity contribution in [3.8, 4) is 5.75 Å². The van der Waals surface area contributed by atoms with Crippen molar-refractivity contribution in [2.24, 2.45) is 0 Å². The number of rotatable bonds is 5. The maximum absolute atomic E-state index is 12.5. The molecule has 1 aromatic carbocycles. The molecule has 6 nitrogen and oxygen atoms in total. The fraction of sp³-hybridized carbons (Fsp3) is 0.579. The number of carbonyl (C=O) groups excluding carboxylic acids is 2. The number of urea groups is 1. The average molecular weight is 345 g/mol. The molecule has 0 saturated carbocycles. The van der Waals surface area contributed by atoms with E-state index >= 15 is 0 Å². The monoisotopic (exact) mass is 345 g/mol. The second kappa shape index (κ2) is 8.23. The summed E-state index contributed by atoms with van der Waals surface area (Å²) in [6.45, 7) is 2.82. The summed E-state index contributed by atoms with van der Waals surface area (Å²) in [5, 5.41) is 3.00. The molecule has 0 spiro atoms. The van der Waals surface area contributed by atoms with Gasteiger partial charge in [-0.05, 0) is 37.3 Å². The first kappa shape index (κ1) is 17.6. The van der Waals surface area contributed by atoms with Crippen LogP contribution in [0.4, 0.5) is 4.79 Å². The SMILES string of the molecule is COc1ccccc1CCNC(=O)N1CCCC(N2CCCC2=O)C1. The van der Waals surface area contributed by atoms with E-state index in [2.05, 4.69) is 5.32 Å². The molecular weight excluding hydrogens is 318 g/mol. The minimum Gasteiger partial charge on any atom is -0.496 e. The Labute approximate surface area is 149 Å². The lowest BCUT2D eigenvalue weighted by molar-refractivity contribution is -0.130. The van der Waals surface area contributed by atoms with Crippen LogP contribution in [0.3, 0.4) is 0 Å². The molecule has 1 unspecified atom stereocenters. The van der Waals surface area contributed by atoms with Crippen LogP contribution in [0, 0.1) is 0 Å². The molecule has 2 heterocycles. The van der Waals surface area contributed by atoms with E-state index in [1.54, 1.807) is 7.11 Å². The third kappa shape index (κ3) is 4.24. The number of likely N-dealkylation sites (tertiary alicyclic amines) is 2. The average Bonchev–Trinajstić information content (AvgIpc) is 3.08. The second-order valence-corrected chi connectivity index (χ2v) is 6.73. The van der Waals surface area contributed by atoms with Crippen molar-refractivity contribution in [1.29, 1.82) is 0 Å². The van der Waals surface area contributed by atoms with Crippen LogP contribution in [0.1, 0.15) is 31.2 Å². The van der Waals surface area contributed by atoms with Gasteiger partial charge in [-0.1, -0.05) is 18.2 Å². The minimum absolute atomic E-state index is 0.0359. The van der Waals surface area contributed by atoms with Crippen LogP contribution in [0.5, 0.6) is 5.75 Å². The van der Waals surface area contributed by atoms with Gasteiger partial charge < -0.3 is 19.9 Å². The van der Waals surface area contributed by atoms with Crippen molar-refractivity contribution >= 4 is 11.9 Å². The summed E-state index contributed by atoms with van der Waals surface area (Å²) in [5.41, 5.74) is 1.09. The molecule has 1 aromatic rings. The van der Waals surface area contributed by atoms with E-state index in [0.717, 1.165) is 50.1 Å². The first-order valence-electron chi connectivity index (χ1n) is 9.13. The van der Waals surface area contributed by atoms with Crippen molar-refractivity contribution in [1.82, 2.24) is 15.1 Å². The van der Waals surface area contributed by atoms with Gasteiger partial charge in [0, 0.05) is 38.6 Å². The summed E-state index contributed by atoms with van der Waals surface area (Å²) < 4.78 is 5.34. The highest BCUT2D eigenvalue weighted by molar-refractivity contribution is 5.79. The van der Waals surface area contributed by atoms with E-state index in [1.807, 2.05) is 34.1 Å². The Balaban J connectivity index is 1.48. The highest BCUT2D eigenvalue weighted by Crippen LogP contribution is 2.21. The number of hydrogen-bond donors (Lipinski definition) is 1. The zero-order chi connectivity index (χ0) is 17.6. The summed E-state index contributed by atoms with van der Waals surface area (Å²) in [6.07, 6.45) is 4.28. The zero-order valence-electron chi connectivity index (χ0n) is 14.9. The highest BCUT2D eigenvalue weighted by Gasteiger charge is 2.32. The molecule has 0 aliphatic carbocycles. The Morgan fingerprint density at radius 2 is 2.12 bits per heavy atom. The van der Waals surface area contributed by atoms with E-state index in [-0.39, 0.29) is 18.0 Å². The first-order valence-corrected chi connectivity index (χ1v) is 9.13. The minimum atomic E-state index is -0.0359. The Morgan fingerprint density at radius 1 is 1.28 bits per heavy atom. The van der Waals surface area contributed by atoms with Crippen molar-refractivity contribution in [3.63, 3.8) is 0 Å². The maximum atomic E-state index is 12.5. The molecule has 2 aliphatic heterocycles. The van der Waals surface area contributed by atoms with E-state index in [0.29, 0.717) is 19.5 Å². The Morgan fingerprint density at radius 3 is 2.88 bits per heavy atom. The number of nitrogens with zero attached hydrogens (tertiary/aromatic N) is 2. The van der Waals surface area contributed by atoms with Gasteiger partial charge in [0.05, 0.1) is 7.11 Å². The third-order valence-corrected chi connectivity index (χ3v) is 5.10. The van der Waals surface area contributed by atoms with Gasteiger partial charge >= 0.3 is 6.03 Å². The van der Waals surface area contributed by atoms with Crippen molar-refractivity contribution in [3.05, 3.63) is 29.8 Å². The lowest BCUT2D eigenvalue weighted by Crippen LogP contribution is -2.52. The van der Waals surface area contributed by atoms with Crippen molar-refractivity contribution < 1.29 is 14.3 Å². The number of methoxy groups -OCH3 is 1. The van der Waals surface area contributed by atoms with Gasteiger partial charge in [0.2, 0.25) is 5.91 Å². The van der Waals surface area contributed by atoms with E-state index < -0.39 is 0 Å². The molecule has 2 aliphatic rings. The number of benzene rings is 1. The fourth-order valence-electron chi connectivity index (χ4n) is 3.77. The summed E-state index contributed by atoms with van der Waals surface area (Å²) in [6, 6.07) is 8.01. The van der Waals surface area contributed by atoms with E-state index in [9.17, 15) is 9.59 Å². The molecule has 0 radical (unpaired) electrons. The van der Waals surface area contributed by atoms with Gasteiger partial charge in [0.25, 0.3) is 0 Å². The smallest absolute Gasteiger partial charge is 0.317 e. The molecule has 1 atom stereocenters. The van der Waals surface area contributed by atoms with Gasteiger partial charge in [-0.25, -0.2) is 4.79 Å². The molecule has 1 N–H and O–H groups in total. The van der Waals surface area contributed by atoms with Crippen LogP contribution in [-0.2, 0) is 11.2 Å². The van der Waals surface area contributed by atoms with Crippen LogP contribution >= 0.6 is 0 Å². The number of carbonyl (C=O) groups is 2. The van der Waals surface area contributed by atoms with Crippen LogP contribution in [-0.4, -0.2) is 61.1 Å². The maximum Gasteiger partial charge on any atom is 0.317 e. The molecule has 2 fully saturated rings. The van der Waals surface area contributed by atoms with Crippen LogP contribution in [0.25, 0.3) is 0 Å². The molecular formula is C19H27N3O3. The lowest BCUT2D eigenvalue weighted by Gasteiger charge is -2.37. The quantitative estimate of drug-likeness (QED) is 0.888. The fourth-order valence-corrected chi connectivity index (χ4v) is 3.77. The molecule has 136 valence electrons. The standard InChI is InChI=1S/C19H27N3O3/c1-25-17-8-3-2-6-15(17)10-11-20-19(24)21-12-4-7-16(14-21)22-13-5-9-18(22)23/h2-3,6,8,16H,4-5,7,9-14H2,1H3,(H,20,24). The number of para-hydroxylation sites is 1. The third-order valence-electron chi connectivity index (χ3n) is 5.10. The lowest BCUT2D eigenvalue weighted by atomic mass is 10.0. The predicted octanol–water partition coefficient (Wildman–Crippen LogP) is 2.03. The first-order chi connectivity index (χ1) is 12.2. The van der Waals surface area contributed by atoms with Gasteiger partial charge in [-0.2, -0.15) is 0 Å². The van der Waals surface area contributed by atoms with E-state index in [1.165, 1.54) is 0 Å². The molecule has 2 saturated heterocycles. The second-order valence-electron chi connectivity index (χ2n) is 6.73. The van der Waals surface area contributed by atoms with Crippen LogP contribution in [0.2, 0.25) is 0 Å².